The molecule has 2 fully saturated rings. The highest BCUT2D eigenvalue weighted by Gasteiger charge is 2.23. The van der Waals surface area contributed by atoms with Crippen molar-refractivity contribution in [2.24, 2.45) is 4.99 Å². The fourth-order valence-corrected chi connectivity index (χ4v) is 4.06. The van der Waals surface area contributed by atoms with Gasteiger partial charge in [0.25, 0.3) is 0 Å². The molecule has 0 radical (unpaired) electrons. The van der Waals surface area contributed by atoms with Crippen molar-refractivity contribution in [1.29, 1.82) is 0 Å². The predicted molar refractivity (Wildman–Crippen MR) is 137 cm³/mol. The Morgan fingerprint density at radius 1 is 1.03 bits per heavy atom. The molecule has 1 amide bonds. The summed E-state index contributed by atoms with van der Waals surface area (Å²) in [6, 6.07) is 8.10. The summed E-state index contributed by atoms with van der Waals surface area (Å²) in [5.41, 5.74) is 1.16. The van der Waals surface area contributed by atoms with Gasteiger partial charge in [-0.3, -0.25) is 14.7 Å². The number of likely N-dealkylation sites (tertiary alicyclic amines) is 1. The zero-order chi connectivity index (χ0) is 21.2. The Morgan fingerprint density at radius 2 is 1.74 bits per heavy atom. The maximum atomic E-state index is 12.5. The highest BCUT2D eigenvalue weighted by molar-refractivity contribution is 14.0. The molecule has 2 aliphatic heterocycles. The lowest BCUT2D eigenvalue weighted by Crippen LogP contribution is -2.54. The fraction of sp³-hybridized carbons (Fsp3) is 0.652. The molecule has 2 saturated heterocycles. The third-order valence-corrected chi connectivity index (χ3v) is 5.91. The van der Waals surface area contributed by atoms with E-state index in [1.165, 1.54) is 6.42 Å². The van der Waals surface area contributed by atoms with E-state index in [0.29, 0.717) is 19.1 Å². The van der Waals surface area contributed by atoms with Crippen LogP contribution in [0.4, 0.5) is 0 Å². The van der Waals surface area contributed by atoms with Crippen molar-refractivity contribution in [3.05, 3.63) is 29.8 Å². The summed E-state index contributed by atoms with van der Waals surface area (Å²) in [5, 5.41) is 3.45. The number of hydrogen-bond acceptors (Lipinski definition) is 4. The van der Waals surface area contributed by atoms with Crippen molar-refractivity contribution in [1.82, 2.24) is 20.0 Å². The van der Waals surface area contributed by atoms with Crippen LogP contribution >= 0.6 is 24.0 Å². The van der Waals surface area contributed by atoms with Crippen LogP contribution in [0.25, 0.3) is 0 Å². The third kappa shape index (κ3) is 8.14. The lowest BCUT2D eigenvalue weighted by Gasteiger charge is -2.37. The first-order chi connectivity index (χ1) is 14.7. The molecule has 0 spiro atoms. The van der Waals surface area contributed by atoms with Crippen molar-refractivity contribution >= 4 is 35.8 Å². The number of ether oxygens (including phenoxy) is 1. The molecule has 2 heterocycles. The summed E-state index contributed by atoms with van der Waals surface area (Å²) in [6.45, 7) is 9.58. The van der Waals surface area contributed by atoms with Crippen LogP contribution in [0.5, 0.6) is 5.75 Å². The average Bonchev–Trinajstić information content (AvgIpc) is 2.79. The zero-order valence-corrected chi connectivity index (χ0v) is 21.3. The van der Waals surface area contributed by atoms with Crippen LogP contribution in [0.3, 0.4) is 0 Å². The molecule has 3 rings (SSSR count). The quantitative estimate of drug-likeness (QED) is 0.248. The van der Waals surface area contributed by atoms with E-state index in [0.717, 1.165) is 82.3 Å². The number of carbonyl (C=O) groups is 1. The highest BCUT2D eigenvalue weighted by Crippen LogP contribution is 2.16. The smallest absolute Gasteiger partial charge is 0.236 e. The van der Waals surface area contributed by atoms with Gasteiger partial charge in [-0.2, -0.15) is 0 Å². The van der Waals surface area contributed by atoms with Gasteiger partial charge in [0.2, 0.25) is 5.91 Å². The minimum absolute atomic E-state index is 0. The molecule has 1 N–H and O–H groups in total. The molecule has 0 unspecified atom stereocenters. The number of hydrogen-bond donors (Lipinski definition) is 1. The van der Waals surface area contributed by atoms with Gasteiger partial charge in [-0.15, -0.1) is 24.0 Å². The van der Waals surface area contributed by atoms with E-state index in [2.05, 4.69) is 33.1 Å². The number of aliphatic imine (C=N–C) groups is 1. The molecule has 1 aromatic carbocycles. The lowest BCUT2D eigenvalue weighted by atomic mass is 10.1. The van der Waals surface area contributed by atoms with Crippen LogP contribution in [-0.2, 0) is 4.79 Å². The van der Waals surface area contributed by atoms with Crippen molar-refractivity contribution in [2.45, 2.75) is 32.6 Å². The van der Waals surface area contributed by atoms with Gasteiger partial charge in [-0.05, 0) is 44.2 Å². The SMILES string of the molecule is CN=C(NCCCOc1ccccc1C)N1CCN(CC(=O)N2CCCCC2)CC1.I. The number of guanidine groups is 1. The average molecular weight is 543 g/mol. The van der Waals surface area contributed by atoms with Gasteiger partial charge in [0.1, 0.15) is 5.75 Å². The number of nitrogens with one attached hydrogen (secondary N) is 1. The minimum atomic E-state index is 0. The number of para-hydroxylation sites is 1. The van der Waals surface area contributed by atoms with E-state index in [9.17, 15) is 4.79 Å². The first-order valence-electron chi connectivity index (χ1n) is 11.3. The maximum Gasteiger partial charge on any atom is 0.236 e. The molecule has 0 atom stereocenters. The molecule has 0 aliphatic carbocycles. The van der Waals surface area contributed by atoms with Gasteiger partial charge in [0.05, 0.1) is 13.2 Å². The number of piperidine rings is 1. The predicted octanol–water partition coefficient (Wildman–Crippen LogP) is 2.59. The van der Waals surface area contributed by atoms with Crippen molar-refractivity contribution in [2.75, 3.05) is 66.0 Å². The van der Waals surface area contributed by atoms with E-state index >= 15 is 0 Å². The number of benzene rings is 1. The molecule has 31 heavy (non-hydrogen) atoms. The molecule has 8 heteroatoms. The number of rotatable bonds is 7. The Bertz CT molecular complexity index is 701. The van der Waals surface area contributed by atoms with Crippen molar-refractivity contribution < 1.29 is 9.53 Å². The normalized spacial score (nSPS) is 17.8. The highest BCUT2D eigenvalue weighted by atomic mass is 127. The maximum absolute atomic E-state index is 12.5. The van der Waals surface area contributed by atoms with Gasteiger partial charge in [0.15, 0.2) is 5.96 Å². The van der Waals surface area contributed by atoms with Gasteiger partial charge < -0.3 is 19.9 Å². The molecule has 0 saturated carbocycles. The Kier molecular flexibility index (Phi) is 11.4. The van der Waals surface area contributed by atoms with Gasteiger partial charge in [-0.1, -0.05) is 18.2 Å². The van der Waals surface area contributed by atoms with Crippen molar-refractivity contribution in [3.8, 4) is 5.75 Å². The van der Waals surface area contributed by atoms with E-state index < -0.39 is 0 Å². The third-order valence-electron chi connectivity index (χ3n) is 5.91. The molecule has 2 aliphatic rings. The van der Waals surface area contributed by atoms with Gasteiger partial charge in [0, 0.05) is 52.9 Å². The van der Waals surface area contributed by atoms with Crippen LogP contribution in [0.1, 0.15) is 31.2 Å². The van der Waals surface area contributed by atoms with E-state index in [-0.39, 0.29) is 24.0 Å². The Hall–Kier alpha value is -1.55. The fourth-order valence-electron chi connectivity index (χ4n) is 4.06. The molecule has 0 aromatic heterocycles. The first-order valence-corrected chi connectivity index (χ1v) is 11.3. The zero-order valence-electron chi connectivity index (χ0n) is 19.0. The summed E-state index contributed by atoms with van der Waals surface area (Å²) in [6.07, 6.45) is 4.47. The summed E-state index contributed by atoms with van der Waals surface area (Å²) >= 11 is 0. The summed E-state index contributed by atoms with van der Waals surface area (Å²) in [7, 11) is 1.83. The number of amides is 1. The summed E-state index contributed by atoms with van der Waals surface area (Å²) in [4.78, 5) is 23.5. The van der Waals surface area contributed by atoms with Gasteiger partial charge >= 0.3 is 0 Å². The Balaban J connectivity index is 0.00000341. The van der Waals surface area contributed by atoms with Crippen LogP contribution in [0.2, 0.25) is 0 Å². The second-order valence-corrected chi connectivity index (χ2v) is 8.15. The first kappa shape index (κ1) is 25.7. The van der Waals surface area contributed by atoms with Crippen LogP contribution in [0.15, 0.2) is 29.3 Å². The minimum Gasteiger partial charge on any atom is -0.493 e. The molecular weight excluding hydrogens is 505 g/mol. The second kappa shape index (κ2) is 13.8. The van der Waals surface area contributed by atoms with E-state index in [1.807, 2.05) is 30.1 Å². The van der Waals surface area contributed by atoms with Crippen LogP contribution < -0.4 is 10.1 Å². The lowest BCUT2D eigenvalue weighted by molar-refractivity contribution is -0.133. The standard InChI is InChI=1S/C23H37N5O2.HI/c1-20-9-4-5-10-21(20)30-18-8-11-25-23(24-2)28-16-14-26(15-17-28)19-22(29)27-12-6-3-7-13-27;/h4-5,9-10H,3,6-8,11-19H2,1-2H3,(H,24,25);1H. The van der Waals surface area contributed by atoms with E-state index in [1.54, 1.807) is 0 Å². The second-order valence-electron chi connectivity index (χ2n) is 8.15. The number of aryl methyl sites for hydroxylation is 1. The number of halogens is 1. The van der Waals surface area contributed by atoms with Crippen LogP contribution in [-0.4, -0.2) is 92.6 Å². The monoisotopic (exact) mass is 543 g/mol. The Labute approximate surface area is 204 Å². The summed E-state index contributed by atoms with van der Waals surface area (Å²) < 4.78 is 5.86. The molecule has 0 bridgehead atoms. The number of piperazine rings is 1. The topological polar surface area (TPSA) is 60.4 Å². The molecule has 7 nitrogen and oxygen atoms in total. The number of nitrogens with zero attached hydrogens (tertiary/aromatic N) is 4. The molecular formula is C23H38IN5O2. The summed E-state index contributed by atoms with van der Waals surface area (Å²) in [5.74, 6) is 2.18. The van der Waals surface area contributed by atoms with Crippen LogP contribution in [0, 0.1) is 6.92 Å². The number of carbonyl (C=O) groups excluding carboxylic acids is 1. The molecule has 174 valence electrons. The van der Waals surface area contributed by atoms with Gasteiger partial charge in [-0.25, -0.2) is 0 Å². The molecule has 1 aromatic rings. The van der Waals surface area contributed by atoms with Crippen molar-refractivity contribution in [3.63, 3.8) is 0 Å². The largest absolute Gasteiger partial charge is 0.493 e. The Morgan fingerprint density at radius 3 is 2.42 bits per heavy atom. The van der Waals surface area contributed by atoms with E-state index in [4.69, 9.17) is 4.74 Å².